The van der Waals surface area contributed by atoms with Crippen molar-refractivity contribution in [1.29, 1.82) is 0 Å². The van der Waals surface area contributed by atoms with Crippen LogP contribution in [0.4, 0.5) is 11.4 Å². The lowest BCUT2D eigenvalue weighted by atomic mass is 9.74. The lowest BCUT2D eigenvalue weighted by Crippen LogP contribution is -2.58. The van der Waals surface area contributed by atoms with Crippen LogP contribution in [0.3, 0.4) is 0 Å². The molecule has 3 amide bonds. The summed E-state index contributed by atoms with van der Waals surface area (Å²) >= 11 is 1.56. The van der Waals surface area contributed by atoms with Crippen molar-refractivity contribution in [2.75, 3.05) is 36.6 Å². The Morgan fingerprint density at radius 2 is 1.53 bits per heavy atom. The van der Waals surface area contributed by atoms with Crippen molar-refractivity contribution < 1.29 is 24.2 Å². The first-order valence-corrected chi connectivity index (χ1v) is 15.8. The van der Waals surface area contributed by atoms with Crippen LogP contribution in [0, 0.1) is 17.8 Å². The van der Waals surface area contributed by atoms with Crippen molar-refractivity contribution in [2.45, 2.75) is 48.8 Å². The number of carbonyl (C=O) groups excluding carboxylic acids is 3. The van der Waals surface area contributed by atoms with Crippen LogP contribution in [-0.4, -0.2) is 76.1 Å². The second-order valence-electron chi connectivity index (χ2n) is 12.1. The topological polar surface area (TPSA) is 90.4 Å². The second-order valence-corrected chi connectivity index (χ2v) is 13.9. The first-order valence-electron chi connectivity index (χ1n) is 15.0. The Kier molecular flexibility index (Phi) is 7.67. The summed E-state index contributed by atoms with van der Waals surface area (Å²) in [6, 6.07) is 15.4. The van der Waals surface area contributed by atoms with Crippen LogP contribution in [0.5, 0.6) is 5.75 Å². The van der Waals surface area contributed by atoms with Gasteiger partial charge < -0.3 is 24.5 Å². The number of ether oxygens (including phenoxy) is 1. The molecule has 6 rings (SSSR count). The molecule has 2 saturated heterocycles. The molecular weight excluding hydrogens is 562 g/mol. The SMILES string of the molecule is CC[C@H](C)[C@H](CO)N1C(=O)[C@@H]2[C@H]3C(=O)N(c4ccccc4)CC=C[C@@]3(C)S[C@@]23C=CCN(c2ccc(OC)cc2)C(=O)C13. The number of anilines is 2. The number of amides is 3. The zero-order valence-electron chi connectivity index (χ0n) is 25.1. The summed E-state index contributed by atoms with van der Waals surface area (Å²) in [4.78, 5) is 49.3. The average Bonchev–Trinajstić information content (AvgIpc) is 3.29. The van der Waals surface area contributed by atoms with Gasteiger partial charge in [0.25, 0.3) is 5.91 Å². The molecule has 0 aromatic heterocycles. The highest BCUT2D eigenvalue weighted by Gasteiger charge is 2.74. The van der Waals surface area contributed by atoms with Crippen molar-refractivity contribution in [3.8, 4) is 5.75 Å². The zero-order chi connectivity index (χ0) is 30.5. The van der Waals surface area contributed by atoms with Gasteiger partial charge in [0.05, 0.1) is 36.3 Å². The number of para-hydroxylation sites is 1. The van der Waals surface area contributed by atoms with Gasteiger partial charge in [0.1, 0.15) is 11.8 Å². The summed E-state index contributed by atoms with van der Waals surface area (Å²) < 4.78 is 3.63. The Labute approximate surface area is 257 Å². The molecular formula is C34H39N3O5S. The molecule has 2 fully saturated rings. The largest absolute Gasteiger partial charge is 0.497 e. The molecule has 2 aromatic carbocycles. The third kappa shape index (κ3) is 4.51. The molecule has 9 heteroatoms. The minimum atomic E-state index is -0.991. The van der Waals surface area contributed by atoms with Gasteiger partial charge in [-0.2, -0.15) is 0 Å². The van der Waals surface area contributed by atoms with E-state index in [4.69, 9.17) is 4.74 Å². The van der Waals surface area contributed by atoms with E-state index in [1.807, 2.05) is 93.6 Å². The number of thioether (sulfide) groups is 1. The summed E-state index contributed by atoms with van der Waals surface area (Å²) in [5.74, 6) is -1.42. The smallest absolute Gasteiger partial charge is 0.251 e. The summed E-state index contributed by atoms with van der Waals surface area (Å²) in [6.07, 6.45) is 8.78. The molecule has 0 radical (unpaired) electrons. The van der Waals surface area contributed by atoms with Crippen molar-refractivity contribution in [2.24, 2.45) is 17.8 Å². The molecule has 7 atom stereocenters. The molecule has 0 saturated carbocycles. The third-order valence-electron chi connectivity index (χ3n) is 9.79. The van der Waals surface area contributed by atoms with E-state index >= 15 is 0 Å². The first kappa shape index (κ1) is 29.5. The highest BCUT2D eigenvalue weighted by atomic mass is 32.2. The summed E-state index contributed by atoms with van der Waals surface area (Å²) in [7, 11) is 1.60. The Bertz CT molecular complexity index is 1460. The normalized spacial score (nSPS) is 31.3. The van der Waals surface area contributed by atoms with E-state index in [1.165, 1.54) is 0 Å². The fourth-order valence-electron chi connectivity index (χ4n) is 7.47. The number of nitrogens with zero attached hydrogens (tertiary/aromatic N) is 3. The Balaban J connectivity index is 1.50. The lowest BCUT2D eigenvalue weighted by Gasteiger charge is -2.41. The summed E-state index contributed by atoms with van der Waals surface area (Å²) in [5, 5.41) is 10.7. The standard InChI is InChI=1S/C34H39N3O5S/c1-5-22(2)26(21-38)37-29-32(41)36(24-13-15-25(42-4)16-14-24)20-10-18-34(29)28(31(37)40)27-30(39)35(23-11-7-6-8-12-23)19-9-17-33(27,3)43-34/h6-18,22,26-29,38H,5,19-21H2,1-4H3/t22-,26-,27-,28-,29?,33+,34-/m0/s1. The molecule has 1 spiro atoms. The summed E-state index contributed by atoms with van der Waals surface area (Å²) in [6.45, 7) is 6.51. The minimum Gasteiger partial charge on any atom is -0.497 e. The molecule has 4 heterocycles. The van der Waals surface area contributed by atoms with Gasteiger partial charge >= 0.3 is 0 Å². The first-order chi connectivity index (χ1) is 20.7. The van der Waals surface area contributed by atoms with Crippen molar-refractivity contribution >= 4 is 40.9 Å². The maximum atomic E-state index is 14.8. The molecule has 4 aliphatic rings. The van der Waals surface area contributed by atoms with E-state index in [0.717, 1.165) is 12.1 Å². The van der Waals surface area contributed by atoms with Crippen LogP contribution < -0.4 is 14.5 Å². The Morgan fingerprint density at radius 1 is 0.907 bits per heavy atom. The monoisotopic (exact) mass is 601 g/mol. The van der Waals surface area contributed by atoms with Gasteiger partial charge in [-0.1, -0.05) is 62.8 Å². The average molecular weight is 602 g/mol. The van der Waals surface area contributed by atoms with Crippen molar-refractivity contribution in [3.05, 3.63) is 78.9 Å². The number of hydrogen-bond donors (Lipinski definition) is 1. The fraction of sp³-hybridized carbons (Fsp3) is 0.441. The fourth-order valence-corrected chi connectivity index (χ4v) is 9.61. The van der Waals surface area contributed by atoms with Crippen molar-refractivity contribution in [3.63, 3.8) is 0 Å². The second kappa shape index (κ2) is 11.2. The predicted molar refractivity (Wildman–Crippen MR) is 169 cm³/mol. The third-order valence-corrected chi connectivity index (χ3v) is 11.6. The minimum absolute atomic E-state index is 0.0544. The predicted octanol–water partition coefficient (Wildman–Crippen LogP) is 4.30. The van der Waals surface area contributed by atoms with Gasteiger partial charge in [-0.05, 0) is 49.2 Å². The van der Waals surface area contributed by atoms with Gasteiger partial charge in [-0.3, -0.25) is 14.4 Å². The number of carbonyl (C=O) groups is 3. The molecule has 2 aromatic rings. The molecule has 1 unspecified atom stereocenters. The number of hydrogen-bond acceptors (Lipinski definition) is 6. The Morgan fingerprint density at radius 3 is 2.16 bits per heavy atom. The number of fused-ring (bicyclic) bond motifs is 2. The Hall–Kier alpha value is -3.56. The molecule has 1 N–H and O–H groups in total. The van der Waals surface area contributed by atoms with E-state index in [1.54, 1.807) is 33.6 Å². The van der Waals surface area contributed by atoms with Crippen LogP contribution in [0.25, 0.3) is 0 Å². The highest BCUT2D eigenvalue weighted by molar-refractivity contribution is 8.02. The van der Waals surface area contributed by atoms with E-state index in [9.17, 15) is 19.5 Å². The van der Waals surface area contributed by atoms with Crippen LogP contribution in [0.15, 0.2) is 78.9 Å². The van der Waals surface area contributed by atoms with E-state index < -0.39 is 33.4 Å². The van der Waals surface area contributed by atoms with E-state index in [2.05, 4.69) is 6.08 Å². The molecule has 43 heavy (non-hydrogen) atoms. The maximum Gasteiger partial charge on any atom is 0.251 e. The highest BCUT2D eigenvalue weighted by Crippen LogP contribution is 2.66. The van der Waals surface area contributed by atoms with Crippen LogP contribution in [0.1, 0.15) is 27.2 Å². The maximum absolute atomic E-state index is 14.8. The van der Waals surface area contributed by atoms with Crippen LogP contribution in [-0.2, 0) is 14.4 Å². The lowest BCUT2D eigenvalue weighted by molar-refractivity contribution is -0.143. The number of benzene rings is 2. The molecule has 226 valence electrons. The number of methoxy groups -OCH3 is 1. The number of rotatable bonds is 7. The quantitative estimate of drug-likeness (QED) is 0.477. The van der Waals surface area contributed by atoms with Gasteiger partial charge in [0, 0.05) is 29.2 Å². The number of likely N-dealkylation sites (tertiary alicyclic amines) is 1. The summed E-state index contributed by atoms with van der Waals surface area (Å²) in [5.41, 5.74) is 1.47. The van der Waals surface area contributed by atoms with Gasteiger partial charge in [0.2, 0.25) is 11.8 Å². The van der Waals surface area contributed by atoms with Crippen LogP contribution in [0.2, 0.25) is 0 Å². The van der Waals surface area contributed by atoms with Gasteiger partial charge in [0.15, 0.2) is 0 Å². The molecule has 0 bridgehead atoms. The molecule has 0 aliphatic carbocycles. The van der Waals surface area contributed by atoms with E-state index in [-0.39, 0.29) is 30.2 Å². The van der Waals surface area contributed by atoms with Gasteiger partial charge in [-0.15, -0.1) is 11.8 Å². The van der Waals surface area contributed by atoms with E-state index in [0.29, 0.717) is 24.5 Å². The number of aliphatic hydroxyl groups is 1. The zero-order valence-corrected chi connectivity index (χ0v) is 25.9. The number of aliphatic hydroxyl groups excluding tert-OH is 1. The van der Waals surface area contributed by atoms with Gasteiger partial charge in [-0.25, -0.2) is 0 Å². The van der Waals surface area contributed by atoms with Crippen LogP contribution >= 0.6 is 11.8 Å². The van der Waals surface area contributed by atoms with Crippen molar-refractivity contribution in [1.82, 2.24) is 4.90 Å². The molecule has 8 nitrogen and oxygen atoms in total. The molecule has 4 aliphatic heterocycles.